The van der Waals surface area contributed by atoms with Gasteiger partial charge in [-0.2, -0.15) is 0 Å². The summed E-state index contributed by atoms with van der Waals surface area (Å²) in [4.78, 5) is 36.1. The summed E-state index contributed by atoms with van der Waals surface area (Å²) < 4.78 is 34.9. The van der Waals surface area contributed by atoms with Crippen LogP contribution in [0.4, 0.5) is 0 Å². The molecule has 0 aromatic heterocycles. The predicted octanol–water partition coefficient (Wildman–Crippen LogP) is 30.1. The first-order chi connectivity index (χ1) is 51.0. The molecule has 1 N–H and O–H groups in total. The zero-order valence-corrected chi connectivity index (χ0v) is 69.9. The third-order valence-corrected chi connectivity index (χ3v) is 20.5. The van der Waals surface area contributed by atoms with E-state index in [0.29, 0.717) is 17.4 Å². The minimum absolute atomic E-state index is 0.0296. The van der Waals surface area contributed by atoms with Crippen molar-refractivity contribution in [2.24, 2.45) is 0 Å². The molecule has 0 spiro atoms. The predicted molar refractivity (Wildman–Crippen MR) is 454 cm³/mol. The number of rotatable bonds is 82. The number of ether oxygens (including phenoxy) is 2. The van der Waals surface area contributed by atoms with Crippen molar-refractivity contribution in [3.8, 4) is 0 Å². The lowest BCUT2D eigenvalue weighted by atomic mass is 10.0. The van der Waals surface area contributed by atoms with Crippen molar-refractivity contribution in [3.05, 3.63) is 122 Å². The van der Waals surface area contributed by atoms with Crippen LogP contribution in [0.3, 0.4) is 0 Å². The highest BCUT2D eigenvalue weighted by Crippen LogP contribution is 2.43. The lowest BCUT2D eigenvalue weighted by Crippen LogP contribution is -2.37. The Morgan fingerprint density at radius 2 is 0.548 bits per heavy atom. The van der Waals surface area contributed by atoms with Gasteiger partial charge in [-0.15, -0.1) is 0 Å². The van der Waals surface area contributed by atoms with E-state index in [9.17, 15) is 19.0 Å². The molecular formula is C94H169NO8P+. The maximum Gasteiger partial charge on any atom is 0.472 e. The Hall–Kier alpha value is -3.59. The van der Waals surface area contributed by atoms with Crippen molar-refractivity contribution < 1.29 is 42.1 Å². The molecule has 2 atom stereocenters. The van der Waals surface area contributed by atoms with Crippen LogP contribution in [-0.4, -0.2) is 74.9 Å². The van der Waals surface area contributed by atoms with E-state index in [1.165, 1.54) is 283 Å². The number of phosphoric ester groups is 1. The van der Waals surface area contributed by atoms with Gasteiger partial charge in [0.2, 0.25) is 0 Å². The van der Waals surface area contributed by atoms with E-state index >= 15 is 0 Å². The highest BCUT2D eigenvalue weighted by Gasteiger charge is 2.27. The van der Waals surface area contributed by atoms with E-state index in [4.69, 9.17) is 18.5 Å². The molecule has 0 saturated heterocycles. The summed E-state index contributed by atoms with van der Waals surface area (Å²) in [5.41, 5.74) is 0. The fraction of sp³-hybridized carbons (Fsp3) is 0.766. The molecule has 0 amide bonds. The van der Waals surface area contributed by atoms with Crippen molar-refractivity contribution in [2.45, 2.75) is 418 Å². The minimum atomic E-state index is -4.40. The molecule has 0 saturated carbocycles. The molecule has 0 heterocycles. The summed E-state index contributed by atoms with van der Waals surface area (Å²) in [7, 11) is 1.48. The Bertz CT molecular complexity index is 2180. The monoisotopic (exact) mass is 1470 g/mol. The Labute approximate surface area is 645 Å². The first-order valence-corrected chi connectivity index (χ1v) is 45.8. The van der Waals surface area contributed by atoms with Crippen LogP contribution in [0.15, 0.2) is 122 Å². The van der Waals surface area contributed by atoms with E-state index < -0.39 is 26.5 Å². The molecule has 0 aromatic rings. The average Bonchev–Trinajstić information content (AvgIpc) is 0.920. The third-order valence-electron chi connectivity index (χ3n) is 19.5. The Morgan fingerprint density at radius 3 is 0.827 bits per heavy atom. The normalized spacial score (nSPS) is 13.6. The second-order valence-corrected chi connectivity index (χ2v) is 32.4. The van der Waals surface area contributed by atoms with Gasteiger partial charge < -0.3 is 18.9 Å². The average molecular weight is 1470 g/mol. The number of likely N-dealkylation sites (N-methyl/N-ethyl adjacent to an activating group) is 1. The molecule has 104 heavy (non-hydrogen) atoms. The van der Waals surface area contributed by atoms with E-state index in [1.807, 2.05) is 21.1 Å². The molecule has 602 valence electrons. The van der Waals surface area contributed by atoms with Gasteiger partial charge in [0.05, 0.1) is 27.7 Å². The Kier molecular flexibility index (Phi) is 80.6. The van der Waals surface area contributed by atoms with Gasteiger partial charge in [0, 0.05) is 12.8 Å². The lowest BCUT2D eigenvalue weighted by Gasteiger charge is -2.24. The zero-order valence-electron chi connectivity index (χ0n) is 69.0. The SMILES string of the molecule is CC/C=C\C/C=C\C/C=C\C/C=C\C/C=C\C/C=C\C/C=C\C/C=C\C/C=C\CCCCCCCCCCCCCCCC(=O)OC(COC(=O)CCCCCCCCCCCCCCCCCCCCCCCCCCCCC/C=C\CCCCCCCCCC)COP(=O)(O)OCC[N+](C)(C)C. The van der Waals surface area contributed by atoms with Gasteiger partial charge in [-0.05, 0) is 109 Å². The summed E-state index contributed by atoms with van der Waals surface area (Å²) in [6.45, 7) is 4.37. The number of phosphoric acid groups is 1. The van der Waals surface area contributed by atoms with Gasteiger partial charge in [-0.3, -0.25) is 18.6 Å². The first-order valence-electron chi connectivity index (χ1n) is 44.3. The quantitative estimate of drug-likeness (QED) is 0.0211. The molecule has 2 unspecified atom stereocenters. The topological polar surface area (TPSA) is 108 Å². The lowest BCUT2D eigenvalue weighted by molar-refractivity contribution is -0.870. The number of hydrogen-bond donors (Lipinski definition) is 1. The van der Waals surface area contributed by atoms with Crippen molar-refractivity contribution in [2.75, 3.05) is 47.5 Å². The maximum atomic E-state index is 12.9. The fourth-order valence-electron chi connectivity index (χ4n) is 12.8. The maximum absolute atomic E-state index is 12.9. The Balaban J connectivity index is 3.92. The number of carbonyl (C=O) groups is 2. The minimum Gasteiger partial charge on any atom is -0.462 e. The summed E-state index contributed by atoms with van der Waals surface area (Å²) in [6, 6.07) is 0. The van der Waals surface area contributed by atoms with Crippen molar-refractivity contribution >= 4 is 19.8 Å². The van der Waals surface area contributed by atoms with Gasteiger partial charge in [0.15, 0.2) is 6.10 Å². The zero-order chi connectivity index (χ0) is 75.4. The smallest absolute Gasteiger partial charge is 0.462 e. The number of esters is 2. The van der Waals surface area contributed by atoms with Gasteiger partial charge in [0.1, 0.15) is 19.8 Å². The summed E-state index contributed by atoms with van der Waals surface area (Å²) in [5.74, 6) is -0.784. The van der Waals surface area contributed by atoms with Gasteiger partial charge in [0.25, 0.3) is 0 Å². The van der Waals surface area contributed by atoms with Crippen LogP contribution >= 0.6 is 7.82 Å². The van der Waals surface area contributed by atoms with Crippen LogP contribution in [0.25, 0.3) is 0 Å². The highest BCUT2D eigenvalue weighted by molar-refractivity contribution is 7.47. The number of unbranched alkanes of at least 4 members (excludes halogenated alkanes) is 48. The standard InChI is InChI=1S/C94H168NO8P/c1-6-8-10-12-14-16-18-20-22-24-26-28-30-32-34-36-38-40-42-44-46-47-49-51-53-55-57-59-61-63-65-67-69-71-73-75-77-79-81-83-85-87-94(97)103-92(91-102-104(98,99)101-89-88-95(3,4)5)90-100-93(96)86-84-82-80-78-76-74-72-70-68-66-64-62-60-58-56-54-52-50-48-45-43-41-39-37-35-33-31-29-27-25-23-21-19-17-15-13-11-9-7-2/h8,10,14,16,20,22,25-28,32,34,38,40,44,46,49,51,55,57,92H,6-7,9,11-13,15,17-19,21,23-24,29-31,33,35-37,39,41-43,45,47-48,50,52-54,56,58-91H2,1-5H3/p+1/b10-8-,16-14-,22-20-,27-25-,28-26-,34-32-,40-38-,46-44-,51-49-,57-55-. The molecule has 9 nitrogen and oxygen atoms in total. The molecule has 0 aliphatic heterocycles. The molecule has 10 heteroatoms. The van der Waals surface area contributed by atoms with Crippen LogP contribution in [0.1, 0.15) is 412 Å². The second-order valence-electron chi connectivity index (χ2n) is 30.9. The van der Waals surface area contributed by atoms with Gasteiger partial charge >= 0.3 is 19.8 Å². The van der Waals surface area contributed by atoms with Crippen LogP contribution in [-0.2, 0) is 32.7 Å². The van der Waals surface area contributed by atoms with Crippen LogP contribution in [0.5, 0.6) is 0 Å². The molecule has 0 radical (unpaired) electrons. The number of carbonyl (C=O) groups excluding carboxylic acids is 2. The molecule has 0 aliphatic carbocycles. The number of allylic oxidation sites excluding steroid dienone is 20. The Morgan fingerprint density at radius 1 is 0.308 bits per heavy atom. The van der Waals surface area contributed by atoms with Gasteiger partial charge in [-0.25, -0.2) is 4.57 Å². The van der Waals surface area contributed by atoms with E-state index in [-0.39, 0.29) is 32.0 Å². The van der Waals surface area contributed by atoms with Crippen LogP contribution in [0, 0.1) is 0 Å². The van der Waals surface area contributed by atoms with Crippen molar-refractivity contribution in [1.29, 1.82) is 0 Å². The molecule has 0 bridgehead atoms. The molecular weight excluding hydrogens is 1300 g/mol. The summed E-state index contributed by atoms with van der Waals surface area (Å²) in [6.07, 6.45) is 121. The van der Waals surface area contributed by atoms with E-state index in [0.717, 1.165) is 96.3 Å². The number of hydrogen-bond acceptors (Lipinski definition) is 7. The highest BCUT2D eigenvalue weighted by atomic mass is 31.2. The fourth-order valence-corrected chi connectivity index (χ4v) is 13.5. The van der Waals surface area contributed by atoms with E-state index in [2.05, 4.69) is 135 Å². The molecule has 0 rings (SSSR count). The van der Waals surface area contributed by atoms with Crippen molar-refractivity contribution in [3.63, 3.8) is 0 Å². The van der Waals surface area contributed by atoms with Crippen LogP contribution in [0.2, 0.25) is 0 Å². The second kappa shape index (κ2) is 83.4. The molecule has 0 aromatic carbocycles. The number of nitrogens with zero attached hydrogens (tertiary/aromatic N) is 1. The van der Waals surface area contributed by atoms with Crippen molar-refractivity contribution in [1.82, 2.24) is 0 Å². The molecule has 0 fully saturated rings. The first kappa shape index (κ1) is 100. The summed E-state index contributed by atoms with van der Waals surface area (Å²) in [5, 5.41) is 0. The molecule has 0 aliphatic rings. The largest absolute Gasteiger partial charge is 0.472 e. The number of quaternary nitrogens is 1. The summed E-state index contributed by atoms with van der Waals surface area (Å²) >= 11 is 0. The third kappa shape index (κ3) is 87.3. The van der Waals surface area contributed by atoms with E-state index in [1.54, 1.807) is 0 Å². The van der Waals surface area contributed by atoms with Gasteiger partial charge in [-0.1, -0.05) is 411 Å². The van der Waals surface area contributed by atoms with Crippen LogP contribution < -0.4 is 0 Å².